The highest BCUT2D eigenvalue weighted by molar-refractivity contribution is 5.80. The lowest BCUT2D eigenvalue weighted by Gasteiger charge is -2.22. The van der Waals surface area contributed by atoms with Crippen LogP contribution in [0.4, 0.5) is 0 Å². The van der Waals surface area contributed by atoms with Gasteiger partial charge in [0.05, 0.1) is 13.7 Å². The van der Waals surface area contributed by atoms with Crippen molar-refractivity contribution in [2.45, 2.75) is 34.1 Å². The maximum Gasteiger partial charge on any atom is 0.216 e. The SMILES string of the molecule is CCOC1=CC=C(C(C)(C)C)CC(OC)=N1. The Kier molecular flexibility index (Phi) is 4.16. The van der Waals surface area contributed by atoms with Gasteiger partial charge in [-0.2, -0.15) is 4.99 Å². The highest BCUT2D eigenvalue weighted by atomic mass is 16.5. The quantitative estimate of drug-likeness (QED) is 0.719. The van der Waals surface area contributed by atoms with Crippen molar-refractivity contribution in [2.24, 2.45) is 10.4 Å². The molecule has 1 aliphatic heterocycles. The first-order valence-electron chi connectivity index (χ1n) is 5.63. The van der Waals surface area contributed by atoms with Crippen LogP contribution in [0.15, 0.2) is 28.6 Å². The molecule has 0 bridgehead atoms. The zero-order valence-corrected chi connectivity index (χ0v) is 10.8. The molecule has 0 aromatic rings. The third kappa shape index (κ3) is 3.40. The highest BCUT2D eigenvalue weighted by Gasteiger charge is 2.20. The number of hydrogen-bond donors (Lipinski definition) is 0. The van der Waals surface area contributed by atoms with Gasteiger partial charge >= 0.3 is 0 Å². The summed E-state index contributed by atoms with van der Waals surface area (Å²) >= 11 is 0. The first-order chi connectivity index (χ1) is 7.47. The van der Waals surface area contributed by atoms with Crippen molar-refractivity contribution >= 4 is 5.90 Å². The molecule has 0 N–H and O–H groups in total. The standard InChI is InChI=1S/C13H21NO2/c1-6-16-11-8-7-10(13(2,3)4)9-12(14-11)15-5/h7-8H,6,9H2,1-5H3. The molecule has 0 saturated heterocycles. The summed E-state index contributed by atoms with van der Waals surface area (Å²) in [5.74, 6) is 1.33. The van der Waals surface area contributed by atoms with Crippen molar-refractivity contribution in [3.63, 3.8) is 0 Å². The van der Waals surface area contributed by atoms with Crippen LogP contribution in [0.25, 0.3) is 0 Å². The van der Waals surface area contributed by atoms with E-state index in [-0.39, 0.29) is 5.41 Å². The van der Waals surface area contributed by atoms with E-state index in [1.165, 1.54) is 5.57 Å². The average molecular weight is 223 g/mol. The summed E-state index contributed by atoms with van der Waals surface area (Å²) < 4.78 is 10.7. The third-order valence-electron chi connectivity index (χ3n) is 2.49. The molecule has 3 nitrogen and oxygen atoms in total. The molecule has 0 radical (unpaired) electrons. The van der Waals surface area contributed by atoms with E-state index in [4.69, 9.17) is 9.47 Å². The van der Waals surface area contributed by atoms with Crippen LogP contribution in [0.2, 0.25) is 0 Å². The van der Waals surface area contributed by atoms with Gasteiger partial charge in [0.25, 0.3) is 0 Å². The van der Waals surface area contributed by atoms with Crippen molar-refractivity contribution in [1.29, 1.82) is 0 Å². The molecule has 0 aromatic heterocycles. The fourth-order valence-electron chi connectivity index (χ4n) is 1.45. The second kappa shape index (κ2) is 5.19. The second-order valence-corrected chi connectivity index (χ2v) is 4.77. The molecular formula is C13H21NO2. The molecule has 0 atom stereocenters. The number of nitrogens with zero attached hydrogens (tertiary/aromatic N) is 1. The Bertz CT molecular complexity index is 332. The predicted octanol–water partition coefficient (Wildman–Crippen LogP) is 3.29. The van der Waals surface area contributed by atoms with Gasteiger partial charge in [-0.1, -0.05) is 32.4 Å². The number of rotatable bonds is 2. The number of aliphatic imine (C=N–C) groups is 1. The predicted molar refractivity (Wildman–Crippen MR) is 66.3 cm³/mol. The van der Waals surface area contributed by atoms with Gasteiger partial charge in [-0.25, -0.2) is 0 Å². The number of allylic oxidation sites excluding steroid dienone is 2. The zero-order valence-electron chi connectivity index (χ0n) is 10.8. The van der Waals surface area contributed by atoms with Crippen LogP contribution >= 0.6 is 0 Å². The Labute approximate surface area is 97.9 Å². The lowest BCUT2D eigenvalue weighted by molar-refractivity contribution is 0.225. The van der Waals surface area contributed by atoms with Crippen LogP contribution in [-0.4, -0.2) is 19.6 Å². The van der Waals surface area contributed by atoms with E-state index in [1.54, 1.807) is 7.11 Å². The van der Waals surface area contributed by atoms with Gasteiger partial charge in [0.2, 0.25) is 5.88 Å². The summed E-state index contributed by atoms with van der Waals surface area (Å²) in [5.41, 5.74) is 1.42. The lowest BCUT2D eigenvalue weighted by atomic mass is 9.84. The number of ether oxygens (including phenoxy) is 2. The number of methoxy groups -OCH3 is 1. The van der Waals surface area contributed by atoms with Gasteiger partial charge in [0.1, 0.15) is 0 Å². The summed E-state index contributed by atoms with van der Waals surface area (Å²) in [5, 5.41) is 0. The van der Waals surface area contributed by atoms with E-state index < -0.39 is 0 Å². The minimum absolute atomic E-state index is 0.122. The summed E-state index contributed by atoms with van der Waals surface area (Å²) in [6, 6.07) is 0. The molecule has 3 heteroatoms. The fraction of sp³-hybridized carbons (Fsp3) is 0.615. The lowest BCUT2D eigenvalue weighted by Crippen LogP contribution is -2.13. The smallest absolute Gasteiger partial charge is 0.216 e. The van der Waals surface area contributed by atoms with Crippen LogP contribution < -0.4 is 0 Å². The molecule has 1 aliphatic rings. The topological polar surface area (TPSA) is 30.8 Å². The molecule has 0 fully saturated rings. The van der Waals surface area contributed by atoms with Crippen LogP contribution in [-0.2, 0) is 9.47 Å². The van der Waals surface area contributed by atoms with Gasteiger partial charge in [-0.05, 0) is 12.3 Å². The van der Waals surface area contributed by atoms with Gasteiger partial charge in [-0.15, -0.1) is 0 Å². The van der Waals surface area contributed by atoms with Gasteiger partial charge in [0, 0.05) is 12.5 Å². The Morgan fingerprint density at radius 3 is 2.50 bits per heavy atom. The van der Waals surface area contributed by atoms with Crippen LogP contribution in [0, 0.1) is 5.41 Å². The molecule has 1 rings (SSSR count). The molecular weight excluding hydrogens is 202 g/mol. The summed E-state index contributed by atoms with van der Waals surface area (Å²) in [6.07, 6.45) is 4.74. The van der Waals surface area contributed by atoms with Gasteiger partial charge < -0.3 is 9.47 Å². The average Bonchev–Trinajstić information content (AvgIpc) is 2.40. The Balaban J connectivity index is 2.98. The van der Waals surface area contributed by atoms with Crippen molar-refractivity contribution in [3.8, 4) is 0 Å². The van der Waals surface area contributed by atoms with Gasteiger partial charge in [-0.3, -0.25) is 0 Å². The largest absolute Gasteiger partial charge is 0.484 e. The zero-order chi connectivity index (χ0) is 12.2. The van der Waals surface area contributed by atoms with Crippen molar-refractivity contribution < 1.29 is 9.47 Å². The summed E-state index contributed by atoms with van der Waals surface area (Å²) in [6.45, 7) is 9.12. The fourth-order valence-corrected chi connectivity index (χ4v) is 1.45. The first kappa shape index (κ1) is 12.8. The first-order valence-corrected chi connectivity index (χ1v) is 5.63. The molecule has 0 saturated carbocycles. The molecule has 0 aliphatic carbocycles. The molecule has 0 spiro atoms. The molecule has 0 unspecified atom stereocenters. The van der Waals surface area contributed by atoms with Crippen LogP contribution in [0.5, 0.6) is 0 Å². The summed E-state index contributed by atoms with van der Waals surface area (Å²) in [4.78, 5) is 4.33. The number of hydrogen-bond acceptors (Lipinski definition) is 3. The Morgan fingerprint density at radius 1 is 1.31 bits per heavy atom. The van der Waals surface area contributed by atoms with E-state index in [9.17, 15) is 0 Å². The van der Waals surface area contributed by atoms with E-state index in [1.807, 2.05) is 13.0 Å². The second-order valence-electron chi connectivity index (χ2n) is 4.77. The Morgan fingerprint density at radius 2 is 2.00 bits per heavy atom. The van der Waals surface area contributed by atoms with E-state index >= 15 is 0 Å². The van der Waals surface area contributed by atoms with Gasteiger partial charge in [0.15, 0.2) is 5.90 Å². The minimum Gasteiger partial charge on any atom is -0.484 e. The molecule has 0 amide bonds. The maximum atomic E-state index is 5.40. The monoisotopic (exact) mass is 223 g/mol. The Hall–Kier alpha value is -1.25. The molecule has 90 valence electrons. The van der Waals surface area contributed by atoms with Crippen LogP contribution in [0.3, 0.4) is 0 Å². The van der Waals surface area contributed by atoms with E-state index in [2.05, 4.69) is 31.8 Å². The van der Waals surface area contributed by atoms with E-state index in [0.29, 0.717) is 18.4 Å². The molecule has 1 heterocycles. The van der Waals surface area contributed by atoms with Crippen molar-refractivity contribution in [3.05, 3.63) is 23.6 Å². The minimum atomic E-state index is 0.122. The summed E-state index contributed by atoms with van der Waals surface area (Å²) in [7, 11) is 1.65. The molecule has 16 heavy (non-hydrogen) atoms. The third-order valence-corrected chi connectivity index (χ3v) is 2.49. The van der Waals surface area contributed by atoms with E-state index in [0.717, 1.165) is 6.42 Å². The maximum absolute atomic E-state index is 5.40. The van der Waals surface area contributed by atoms with Crippen LogP contribution in [0.1, 0.15) is 34.1 Å². The molecule has 0 aromatic carbocycles. The van der Waals surface area contributed by atoms with Crippen molar-refractivity contribution in [1.82, 2.24) is 0 Å². The van der Waals surface area contributed by atoms with Crippen molar-refractivity contribution in [2.75, 3.05) is 13.7 Å². The normalized spacial score (nSPS) is 16.9. The highest BCUT2D eigenvalue weighted by Crippen LogP contribution is 2.30.